The number of rotatable bonds is 1. The third-order valence-corrected chi connectivity index (χ3v) is 2.57. The summed E-state index contributed by atoms with van der Waals surface area (Å²) in [5.41, 5.74) is 1.01. The van der Waals surface area contributed by atoms with Gasteiger partial charge in [0.2, 0.25) is 0 Å². The van der Waals surface area contributed by atoms with Crippen LogP contribution >= 0.6 is 0 Å². The highest BCUT2D eigenvalue weighted by atomic mass is 16.5. The van der Waals surface area contributed by atoms with Crippen molar-refractivity contribution in [3.63, 3.8) is 0 Å². The lowest BCUT2D eigenvalue weighted by atomic mass is 10.0. The van der Waals surface area contributed by atoms with E-state index >= 15 is 0 Å². The molecule has 0 amide bonds. The molecule has 0 aromatic heterocycles. The SMILES string of the molecule is OC[C@H]1OCCC1C#Cc1ccccc1. The molecule has 1 saturated heterocycles. The average molecular weight is 202 g/mol. The van der Waals surface area contributed by atoms with Crippen LogP contribution in [0.2, 0.25) is 0 Å². The molecule has 1 aliphatic rings. The van der Waals surface area contributed by atoms with Crippen molar-refractivity contribution in [2.24, 2.45) is 5.92 Å². The van der Waals surface area contributed by atoms with Gasteiger partial charge < -0.3 is 9.84 Å². The van der Waals surface area contributed by atoms with Gasteiger partial charge in [-0.2, -0.15) is 0 Å². The Morgan fingerprint density at radius 3 is 2.87 bits per heavy atom. The van der Waals surface area contributed by atoms with Crippen LogP contribution in [0.3, 0.4) is 0 Å². The first-order chi connectivity index (χ1) is 7.40. The Kier molecular flexibility index (Phi) is 3.39. The van der Waals surface area contributed by atoms with Gasteiger partial charge in [0, 0.05) is 12.2 Å². The summed E-state index contributed by atoms with van der Waals surface area (Å²) >= 11 is 0. The molecule has 1 aromatic carbocycles. The van der Waals surface area contributed by atoms with E-state index in [9.17, 15) is 0 Å². The first-order valence-corrected chi connectivity index (χ1v) is 5.19. The predicted molar refractivity (Wildman–Crippen MR) is 58.3 cm³/mol. The molecule has 1 heterocycles. The fourth-order valence-corrected chi connectivity index (χ4v) is 1.69. The molecular weight excluding hydrogens is 188 g/mol. The van der Waals surface area contributed by atoms with Gasteiger partial charge in [0.05, 0.1) is 18.6 Å². The number of aliphatic hydroxyl groups is 1. The Balaban J connectivity index is 2.05. The molecule has 2 nitrogen and oxygen atoms in total. The summed E-state index contributed by atoms with van der Waals surface area (Å²) in [6.45, 7) is 0.771. The Morgan fingerprint density at radius 2 is 2.13 bits per heavy atom. The Bertz CT molecular complexity index is 361. The number of benzene rings is 1. The Labute approximate surface area is 89.9 Å². The molecule has 2 rings (SSSR count). The largest absolute Gasteiger partial charge is 0.394 e. The minimum Gasteiger partial charge on any atom is -0.394 e. The molecule has 0 saturated carbocycles. The van der Waals surface area contributed by atoms with E-state index in [0.29, 0.717) is 6.61 Å². The molecule has 0 spiro atoms. The van der Waals surface area contributed by atoms with Crippen LogP contribution < -0.4 is 0 Å². The standard InChI is InChI=1S/C13H14O2/c14-10-13-12(8-9-15-13)7-6-11-4-2-1-3-5-11/h1-5,12-14H,8-10H2/t12?,13-/m1/s1. The first kappa shape index (κ1) is 10.2. The van der Waals surface area contributed by atoms with E-state index in [0.717, 1.165) is 12.0 Å². The smallest absolute Gasteiger partial charge is 0.0943 e. The number of hydrogen-bond donors (Lipinski definition) is 1. The van der Waals surface area contributed by atoms with Gasteiger partial charge in [-0.15, -0.1) is 0 Å². The summed E-state index contributed by atoms with van der Waals surface area (Å²) in [5, 5.41) is 9.04. The van der Waals surface area contributed by atoms with Crippen LogP contribution in [0.1, 0.15) is 12.0 Å². The van der Waals surface area contributed by atoms with E-state index < -0.39 is 0 Å². The molecule has 2 atom stereocenters. The van der Waals surface area contributed by atoms with Crippen LogP contribution in [-0.4, -0.2) is 24.4 Å². The fraction of sp³-hybridized carbons (Fsp3) is 0.385. The zero-order chi connectivity index (χ0) is 10.5. The third kappa shape index (κ3) is 2.59. The molecule has 0 aliphatic carbocycles. The highest BCUT2D eigenvalue weighted by Gasteiger charge is 2.25. The highest BCUT2D eigenvalue weighted by Crippen LogP contribution is 2.19. The second-order valence-corrected chi connectivity index (χ2v) is 3.62. The van der Waals surface area contributed by atoms with Crippen molar-refractivity contribution in [1.29, 1.82) is 0 Å². The maximum Gasteiger partial charge on any atom is 0.0943 e. The molecule has 1 aromatic rings. The minimum absolute atomic E-state index is 0.0636. The minimum atomic E-state index is -0.0961. The van der Waals surface area contributed by atoms with E-state index in [2.05, 4.69) is 11.8 Å². The quantitative estimate of drug-likeness (QED) is 0.698. The van der Waals surface area contributed by atoms with E-state index in [1.807, 2.05) is 30.3 Å². The highest BCUT2D eigenvalue weighted by molar-refractivity contribution is 5.34. The zero-order valence-corrected chi connectivity index (χ0v) is 8.52. The summed E-state index contributed by atoms with van der Waals surface area (Å²) in [4.78, 5) is 0. The van der Waals surface area contributed by atoms with Crippen LogP contribution in [0.4, 0.5) is 0 Å². The van der Waals surface area contributed by atoms with Crippen LogP contribution in [-0.2, 0) is 4.74 Å². The van der Waals surface area contributed by atoms with Gasteiger partial charge in [-0.3, -0.25) is 0 Å². The summed E-state index contributed by atoms with van der Waals surface area (Å²) in [6.07, 6.45) is 0.826. The van der Waals surface area contributed by atoms with Crippen LogP contribution in [0.25, 0.3) is 0 Å². The van der Waals surface area contributed by atoms with Gasteiger partial charge in [-0.25, -0.2) is 0 Å². The molecule has 1 unspecified atom stereocenters. The van der Waals surface area contributed by atoms with E-state index in [4.69, 9.17) is 9.84 Å². The molecule has 0 bridgehead atoms. The third-order valence-electron chi connectivity index (χ3n) is 2.57. The first-order valence-electron chi connectivity index (χ1n) is 5.19. The fourth-order valence-electron chi connectivity index (χ4n) is 1.69. The molecule has 0 radical (unpaired) electrons. The molecule has 2 heteroatoms. The van der Waals surface area contributed by atoms with Crippen molar-refractivity contribution >= 4 is 0 Å². The molecule has 1 fully saturated rings. The van der Waals surface area contributed by atoms with Crippen LogP contribution in [0.5, 0.6) is 0 Å². The van der Waals surface area contributed by atoms with Crippen molar-refractivity contribution in [2.75, 3.05) is 13.2 Å². The van der Waals surface area contributed by atoms with Gasteiger partial charge in [-0.1, -0.05) is 30.0 Å². The predicted octanol–water partition coefficient (Wildman–Crippen LogP) is 1.44. The Hall–Kier alpha value is -1.30. The van der Waals surface area contributed by atoms with E-state index in [1.54, 1.807) is 0 Å². The van der Waals surface area contributed by atoms with Crippen LogP contribution in [0, 0.1) is 17.8 Å². The van der Waals surface area contributed by atoms with Crippen molar-refractivity contribution in [2.45, 2.75) is 12.5 Å². The lowest BCUT2D eigenvalue weighted by Gasteiger charge is -2.08. The second kappa shape index (κ2) is 4.97. The normalized spacial score (nSPS) is 24.6. The molecule has 1 N–H and O–H groups in total. The van der Waals surface area contributed by atoms with Gasteiger partial charge in [0.1, 0.15) is 0 Å². The van der Waals surface area contributed by atoms with Crippen molar-refractivity contribution in [1.82, 2.24) is 0 Å². The molecular formula is C13H14O2. The van der Waals surface area contributed by atoms with Crippen LogP contribution in [0.15, 0.2) is 30.3 Å². The monoisotopic (exact) mass is 202 g/mol. The summed E-state index contributed by atoms with van der Waals surface area (Å²) in [5.74, 6) is 6.45. The number of aliphatic hydroxyl groups excluding tert-OH is 1. The van der Waals surface area contributed by atoms with Gasteiger partial charge >= 0.3 is 0 Å². The van der Waals surface area contributed by atoms with E-state index in [-0.39, 0.29) is 18.6 Å². The van der Waals surface area contributed by atoms with E-state index in [1.165, 1.54) is 0 Å². The average Bonchev–Trinajstić information content (AvgIpc) is 2.75. The lowest BCUT2D eigenvalue weighted by Crippen LogP contribution is -2.18. The maximum absolute atomic E-state index is 9.04. The summed E-state index contributed by atoms with van der Waals surface area (Å²) in [6, 6.07) is 9.88. The number of hydrogen-bond acceptors (Lipinski definition) is 2. The van der Waals surface area contributed by atoms with Crippen molar-refractivity contribution < 1.29 is 9.84 Å². The van der Waals surface area contributed by atoms with Crippen molar-refractivity contribution in [3.8, 4) is 11.8 Å². The topological polar surface area (TPSA) is 29.5 Å². The van der Waals surface area contributed by atoms with Gasteiger partial charge in [0.15, 0.2) is 0 Å². The molecule has 1 aliphatic heterocycles. The number of ether oxygens (including phenoxy) is 1. The zero-order valence-electron chi connectivity index (χ0n) is 8.52. The Morgan fingerprint density at radius 1 is 1.33 bits per heavy atom. The summed E-state index contributed by atoms with van der Waals surface area (Å²) in [7, 11) is 0. The molecule has 78 valence electrons. The van der Waals surface area contributed by atoms with Crippen molar-refractivity contribution in [3.05, 3.63) is 35.9 Å². The lowest BCUT2D eigenvalue weighted by molar-refractivity contribution is 0.0489. The maximum atomic E-state index is 9.04. The molecule has 15 heavy (non-hydrogen) atoms. The second-order valence-electron chi connectivity index (χ2n) is 3.62. The van der Waals surface area contributed by atoms with Gasteiger partial charge in [-0.05, 0) is 18.6 Å². The summed E-state index contributed by atoms with van der Waals surface area (Å²) < 4.78 is 5.35. The van der Waals surface area contributed by atoms with Gasteiger partial charge in [0.25, 0.3) is 0 Å².